The van der Waals surface area contributed by atoms with Crippen LogP contribution in [0, 0.1) is 0 Å². The molecule has 0 amide bonds. The lowest BCUT2D eigenvalue weighted by Crippen LogP contribution is -2.12. The zero-order valence-electron chi connectivity index (χ0n) is 9.66. The highest BCUT2D eigenvalue weighted by atomic mass is 35.5. The third-order valence-electron chi connectivity index (χ3n) is 2.64. The molecule has 0 nitrogen and oxygen atoms in total. The molecule has 2 aromatic rings. The molecule has 0 saturated heterocycles. The Morgan fingerprint density at radius 3 is 2.17 bits per heavy atom. The Morgan fingerprint density at radius 2 is 1.61 bits per heavy atom. The van der Waals surface area contributed by atoms with Crippen molar-refractivity contribution in [3.05, 3.63) is 64.7 Å². The van der Waals surface area contributed by atoms with Crippen molar-refractivity contribution in [3.8, 4) is 0 Å². The second-order valence-corrected chi connectivity index (χ2v) is 6.46. The van der Waals surface area contributed by atoms with E-state index in [1.165, 1.54) is 4.90 Å². The minimum absolute atomic E-state index is 0.624. The van der Waals surface area contributed by atoms with E-state index in [4.69, 9.17) is 34.8 Å². The van der Waals surface area contributed by atoms with Gasteiger partial charge in [0.15, 0.2) is 4.33 Å². The molecule has 0 radical (unpaired) electrons. The minimum Gasteiger partial charge on any atom is -0.130 e. The van der Waals surface area contributed by atoms with E-state index in [1.807, 2.05) is 42.7 Å². The van der Waals surface area contributed by atoms with Crippen LogP contribution in [0.25, 0.3) is 0 Å². The highest BCUT2D eigenvalue weighted by Crippen LogP contribution is 2.41. The Morgan fingerprint density at radius 1 is 0.944 bits per heavy atom. The third-order valence-corrected chi connectivity index (χ3v) is 4.49. The summed E-state index contributed by atoms with van der Waals surface area (Å²) >= 11 is 20.6. The average molecular weight is 318 g/mol. The molecule has 4 heteroatoms. The van der Waals surface area contributed by atoms with Crippen LogP contribution in [-0.2, 0) is 4.33 Å². The lowest BCUT2D eigenvalue weighted by Gasteiger charge is -2.21. The molecule has 0 N–H and O–H groups in total. The van der Waals surface area contributed by atoms with Crippen molar-refractivity contribution in [2.45, 2.75) is 9.23 Å². The van der Waals surface area contributed by atoms with Crippen LogP contribution >= 0.6 is 46.6 Å². The van der Waals surface area contributed by atoms with Crippen molar-refractivity contribution < 1.29 is 0 Å². The number of alkyl halides is 2. The van der Waals surface area contributed by atoms with Crippen LogP contribution in [0.2, 0.25) is 5.02 Å². The van der Waals surface area contributed by atoms with E-state index in [2.05, 4.69) is 0 Å². The van der Waals surface area contributed by atoms with Gasteiger partial charge in [-0.15, -0.1) is 11.8 Å². The van der Waals surface area contributed by atoms with Gasteiger partial charge < -0.3 is 0 Å². The zero-order valence-corrected chi connectivity index (χ0v) is 12.7. The summed E-state index contributed by atoms with van der Waals surface area (Å²) in [6.07, 6.45) is 2.03. The molecule has 0 heterocycles. The maximum atomic E-state index is 6.45. The summed E-state index contributed by atoms with van der Waals surface area (Å²) in [5.74, 6) is 0. The number of hydrogen-bond donors (Lipinski definition) is 0. The molecule has 0 aromatic heterocycles. The second kappa shape index (κ2) is 5.75. The SMILES string of the molecule is CSc1ccc(C(Cl)(Cl)c2cccc(Cl)c2)cc1. The van der Waals surface area contributed by atoms with Crippen molar-refractivity contribution in [3.63, 3.8) is 0 Å². The van der Waals surface area contributed by atoms with Crippen LogP contribution in [-0.4, -0.2) is 6.26 Å². The Kier molecular flexibility index (Phi) is 4.50. The van der Waals surface area contributed by atoms with Gasteiger partial charge in [-0.2, -0.15) is 0 Å². The number of thioether (sulfide) groups is 1. The molecular formula is C14H11Cl3S. The van der Waals surface area contributed by atoms with Gasteiger partial charge in [-0.05, 0) is 41.6 Å². The molecule has 0 aliphatic rings. The molecule has 0 fully saturated rings. The normalized spacial score (nSPS) is 11.6. The molecule has 0 aliphatic carbocycles. The predicted octanol–water partition coefficient (Wildman–Crippen LogP) is 5.74. The summed E-state index contributed by atoms with van der Waals surface area (Å²) in [6.45, 7) is 0. The van der Waals surface area contributed by atoms with Crippen LogP contribution < -0.4 is 0 Å². The molecule has 94 valence electrons. The fraction of sp³-hybridized carbons (Fsp3) is 0.143. The van der Waals surface area contributed by atoms with Gasteiger partial charge in [-0.25, -0.2) is 0 Å². The van der Waals surface area contributed by atoms with E-state index >= 15 is 0 Å². The molecular weight excluding hydrogens is 307 g/mol. The molecule has 18 heavy (non-hydrogen) atoms. The van der Waals surface area contributed by atoms with Gasteiger partial charge in [0.2, 0.25) is 0 Å². The summed E-state index contributed by atoms with van der Waals surface area (Å²) in [6, 6.07) is 15.2. The Bertz CT molecular complexity index is 535. The van der Waals surface area contributed by atoms with E-state index < -0.39 is 4.33 Å². The average Bonchev–Trinajstić information content (AvgIpc) is 2.39. The first-order chi connectivity index (χ1) is 8.54. The standard InChI is InChI=1S/C14H11Cl3S/c1-18-13-7-5-10(6-8-13)14(16,17)11-3-2-4-12(15)9-11/h2-9H,1H3. The Labute approximate surface area is 126 Å². The smallest absolute Gasteiger partial charge is 0.130 e. The Hall–Kier alpha value is -0.340. The van der Waals surface area contributed by atoms with Gasteiger partial charge in [-0.1, -0.05) is 59.1 Å². The summed E-state index contributed by atoms with van der Waals surface area (Å²) in [5.41, 5.74) is 1.61. The molecule has 0 unspecified atom stereocenters. The number of hydrogen-bond acceptors (Lipinski definition) is 1. The first kappa shape index (κ1) is 14.1. The van der Waals surface area contributed by atoms with E-state index in [-0.39, 0.29) is 0 Å². The summed E-state index contributed by atoms with van der Waals surface area (Å²) in [5, 5.41) is 0.624. The lowest BCUT2D eigenvalue weighted by atomic mass is 10.0. The summed E-state index contributed by atoms with van der Waals surface area (Å²) < 4.78 is -1.08. The topological polar surface area (TPSA) is 0 Å². The quantitative estimate of drug-likeness (QED) is 0.514. The molecule has 0 aliphatic heterocycles. The van der Waals surface area contributed by atoms with Gasteiger partial charge in [0, 0.05) is 9.92 Å². The van der Waals surface area contributed by atoms with Crippen LogP contribution in [0.1, 0.15) is 11.1 Å². The summed E-state index contributed by atoms with van der Waals surface area (Å²) in [4.78, 5) is 1.17. The van der Waals surface area contributed by atoms with Crippen molar-refractivity contribution in [1.82, 2.24) is 0 Å². The molecule has 0 spiro atoms. The molecule has 0 saturated carbocycles. The van der Waals surface area contributed by atoms with Crippen molar-refractivity contribution >= 4 is 46.6 Å². The summed E-state index contributed by atoms with van der Waals surface area (Å²) in [7, 11) is 0. The highest BCUT2D eigenvalue weighted by molar-refractivity contribution is 7.98. The van der Waals surface area contributed by atoms with Gasteiger partial charge >= 0.3 is 0 Å². The third kappa shape index (κ3) is 2.97. The zero-order chi connectivity index (χ0) is 13.2. The monoisotopic (exact) mass is 316 g/mol. The first-order valence-electron chi connectivity index (χ1n) is 5.32. The van der Waals surface area contributed by atoms with E-state index in [9.17, 15) is 0 Å². The lowest BCUT2D eigenvalue weighted by molar-refractivity contribution is 1.03. The van der Waals surface area contributed by atoms with E-state index in [1.54, 1.807) is 23.9 Å². The fourth-order valence-corrected chi connectivity index (χ4v) is 2.74. The maximum absolute atomic E-state index is 6.45. The first-order valence-corrected chi connectivity index (χ1v) is 7.68. The van der Waals surface area contributed by atoms with Crippen LogP contribution in [0.5, 0.6) is 0 Å². The highest BCUT2D eigenvalue weighted by Gasteiger charge is 2.29. The van der Waals surface area contributed by atoms with Gasteiger partial charge in [-0.3, -0.25) is 0 Å². The predicted molar refractivity (Wildman–Crippen MR) is 82.2 cm³/mol. The van der Waals surface area contributed by atoms with E-state index in [0.717, 1.165) is 11.1 Å². The second-order valence-electron chi connectivity index (χ2n) is 3.81. The number of benzene rings is 2. The van der Waals surface area contributed by atoms with E-state index in [0.29, 0.717) is 5.02 Å². The van der Waals surface area contributed by atoms with Gasteiger partial charge in [0.05, 0.1) is 0 Å². The van der Waals surface area contributed by atoms with Gasteiger partial charge in [0.1, 0.15) is 0 Å². The fourth-order valence-electron chi connectivity index (χ4n) is 1.65. The molecule has 0 atom stereocenters. The van der Waals surface area contributed by atoms with Crippen molar-refractivity contribution in [2.24, 2.45) is 0 Å². The molecule has 2 rings (SSSR count). The molecule has 0 bridgehead atoms. The minimum atomic E-state index is -1.08. The Balaban J connectivity index is 2.40. The maximum Gasteiger partial charge on any atom is 0.168 e. The van der Waals surface area contributed by atoms with Crippen LogP contribution in [0.4, 0.5) is 0 Å². The number of rotatable bonds is 3. The molecule has 2 aromatic carbocycles. The largest absolute Gasteiger partial charge is 0.168 e. The van der Waals surface area contributed by atoms with Crippen LogP contribution in [0.3, 0.4) is 0 Å². The van der Waals surface area contributed by atoms with Crippen molar-refractivity contribution in [2.75, 3.05) is 6.26 Å². The van der Waals surface area contributed by atoms with Gasteiger partial charge in [0.25, 0.3) is 0 Å². The number of halogens is 3. The van der Waals surface area contributed by atoms with Crippen molar-refractivity contribution in [1.29, 1.82) is 0 Å². The van der Waals surface area contributed by atoms with Crippen LogP contribution in [0.15, 0.2) is 53.4 Å².